The standard InChI is InChI=1S/C26H32N2/c1-4-6-20(2)7-5-8-22-10-12-23(13-11-22)17-26-18-24(15-16-27-26)25-14-9-21(3)28-19-25/h9-16,18-20H,4-8,17H2,1-3H3. The molecule has 0 aliphatic rings. The number of pyridine rings is 2. The van der Waals surface area contributed by atoms with Crippen LogP contribution in [0.15, 0.2) is 60.9 Å². The van der Waals surface area contributed by atoms with Crippen molar-refractivity contribution in [3.05, 3.63) is 83.4 Å². The second kappa shape index (κ2) is 10.2. The molecule has 3 aromatic rings. The van der Waals surface area contributed by atoms with Gasteiger partial charge in [-0.2, -0.15) is 0 Å². The van der Waals surface area contributed by atoms with E-state index < -0.39 is 0 Å². The molecule has 0 bridgehead atoms. The number of benzene rings is 1. The lowest BCUT2D eigenvalue weighted by Gasteiger charge is -2.10. The molecule has 1 unspecified atom stereocenters. The highest BCUT2D eigenvalue weighted by atomic mass is 14.7. The first-order valence-corrected chi connectivity index (χ1v) is 10.6. The molecule has 0 spiro atoms. The van der Waals surface area contributed by atoms with Crippen LogP contribution in [0.2, 0.25) is 0 Å². The molecule has 3 rings (SSSR count). The molecule has 28 heavy (non-hydrogen) atoms. The molecular weight excluding hydrogens is 340 g/mol. The van der Waals surface area contributed by atoms with Crippen LogP contribution in [-0.2, 0) is 12.8 Å². The number of aromatic nitrogens is 2. The minimum absolute atomic E-state index is 0.853. The van der Waals surface area contributed by atoms with Gasteiger partial charge < -0.3 is 0 Å². The van der Waals surface area contributed by atoms with Crippen LogP contribution in [0.25, 0.3) is 11.1 Å². The van der Waals surface area contributed by atoms with E-state index in [0.29, 0.717) is 0 Å². The van der Waals surface area contributed by atoms with Crippen molar-refractivity contribution in [3.8, 4) is 11.1 Å². The van der Waals surface area contributed by atoms with E-state index in [1.165, 1.54) is 48.8 Å². The van der Waals surface area contributed by atoms with Crippen molar-refractivity contribution in [2.45, 2.75) is 59.3 Å². The normalized spacial score (nSPS) is 12.1. The summed E-state index contributed by atoms with van der Waals surface area (Å²) in [5, 5.41) is 0. The van der Waals surface area contributed by atoms with Gasteiger partial charge in [0.15, 0.2) is 0 Å². The summed E-state index contributed by atoms with van der Waals surface area (Å²) < 4.78 is 0. The predicted octanol–water partition coefficient (Wildman–Crippen LogP) is 6.80. The Kier molecular flexibility index (Phi) is 7.36. The van der Waals surface area contributed by atoms with Gasteiger partial charge in [0.25, 0.3) is 0 Å². The van der Waals surface area contributed by atoms with Crippen molar-refractivity contribution in [3.63, 3.8) is 0 Å². The Morgan fingerprint density at radius 1 is 0.857 bits per heavy atom. The van der Waals surface area contributed by atoms with E-state index >= 15 is 0 Å². The van der Waals surface area contributed by atoms with E-state index in [2.05, 4.69) is 72.3 Å². The van der Waals surface area contributed by atoms with Crippen LogP contribution < -0.4 is 0 Å². The molecule has 0 radical (unpaired) electrons. The largest absolute Gasteiger partial charge is 0.261 e. The monoisotopic (exact) mass is 372 g/mol. The summed E-state index contributed by atoms with van der Waals surface area (Å²) in [6.07, 6.45) is 11.1. The maximum Gasteiger partial charge on any atom is 0.0453 e. The Bertz CT molecular complexity index is 850. The summed E-state index contributed by atoms with van der Waals surface area (Å²) in [6, 6.07) is 17.5. The van der Waals surface area contributed by atoms with Crippen LogP contribution in [0, 0.1) is 12.8 Å². The van der Waals surface area contributed by atoms with Crippen molar-refractivity contribution in [2.24, 2.45) is 5.92 Å². The number of hydrogen-bond acceptors (Lipinski definition) is 2. The summed E-state index contributed by atoms with van der Waals surface area (Å²) >= 11 is 0. The molecule has 1 aromatic carbocycles. The lowest BCUT2D eigenvalue weighted by molar-refractivity contribution is 0.469. The molecular formula is C26H32N2. The van der Waals surface area contributed by atoms with Gasteiger partial charge in [0.2, 0.25) is 0 Å². The van der Waals surface area contributed by atoms with Crippen molar-refractivity contribution in [1.82, 2.24) is 9.97 Å². The van der Waals surface area contributed by atoms with Gasteiger partial charge in [-0.3, -0.25) is 9.97 Å². The minimum Gasteiger partial charge on any atom is -0.261 e. The average molecular weight is 373 g/mol. The SMILES string of the molecule is CCCC(C)CCCc1ccc(Cc2cc(-c3ccc(C)nc3)ccn2)cc1. The van der Waals surface area contributed by atoms with E-state index in [1.807, 2.05) is 19.3 Å². The van der Waals surface area contributed by atoms with Crippen LogP contribution in [0.1, 0.15) is 62.0 Å². The van der Waals surface area contributed by atoms with Gasteiger partial charge in [-0.25, -0.2) is 0 Å². The predicted molar refractivity (Wildman–Crippen MR) is 118 cm³/mol. The third-order valence-corrected chi connectivity index (χ3v) is 5.41. The lowest BCUT2D eigenvalue weighted by Crippen LogP contribution is -1.96. The van der Waals surface area contributed by atoms with Gasteiger partial charge in [0, 0.05) is 35.8 Å². The molecule has 0 saturated carbocycles. The van der Waals surface area contributed by atoms with Crippen LogP contribution in [0.5, 0.6) is 0 Å². The van der Waals surface area contributed by atoms with Crippen LogP contribution in [-0.4, -0.2) is 9.97 Å². The summed E-state index contributed by atoms with van der Waals surface area (Å²) in [5.41, 5.74) is 7.21. The second-order valence-electron chi connectivity index (χ2n) is 8.00. The summed E-state index contributed by atoms with van der Waals surface area (Å²) in [4.78, 5) is 8.97. The third-order valence-electron chi connectivity index (χ3n) is 5.41. The first kappa shape index (κ1) is 20.3. The molecule has 0 N–H and O–H groups in total. The van der Waals surface area contributed by atoms with Gasteiger partial charge in [0.1, 0.15) is 0 Å². The molecule has 0 aliphatic carbocycles. The zero-order valence-corrected chi connectivity index (χ0v) is 17.5. The number of nitrogens with zero attached hydrogens (tertiary/aromatic N) is 2. The fourth-order valence-corrected chi connectivity index (χ4v) is 3.72. The molecule has 2 aromatic heterocycles. The molecule has 0 fully saturated rings. The topological polar surface area (TPSA) is 25.8 Å². The fourth-order valence-electron chi connectivity index (χ4n) is 3.72. The maximum atomic E-state index is 4.57. The Morgan fingerprint density at radius 3 is 2.36 bits per heavy atom. The Morgan fingerprint density at radius 2 is 1.64 bits per heavy atom. The van der Waals surface area contributed by atoms with Gasteiger partial charge in [-0.1, -0.05) is 63.4 Å². The van der Waals surface area contributed by atoms with Crippen molar-refractivity contribution in [1.29, 1.82) is 0 Å². The van der Waals surface area contributed by atoms with Crippen LogP contribution in [0.3, 0.4) is 0 Å². The zero-order chi connectivity index (χ0) is 19.8. The quantitative estimate of drug-likeness (QED) is 0.413. The molecule has 1 atom stereocenters. The molecule has 2 heterocycles. The van der Waals surface area contributed by atoms with E-state index in [0.717, 1.165) is 29.3 Å². The first-order valence-electron chi connectivity index (χ1n) is 10.6. The van der Waals surface area contributed by atoms with Gasteiger partial charge in [0.05, 0.1) is 0 Å². The van der Waals surface area contributed by atoms with Crippen molar-refractivity contribution < 1.29 is 0 Å². The van der Waals surface area contributed by atoms with E-state index in [4.69, 9.17) is 0 Å². The average Bonchev–Trinajstić information content (AvgIpc) is 2.70. The zero-order valence-electron chi connectivity index (χ0n) is 17.5. The summed E-state index contributed by atoms with van der Waals surface area (Å²) in [5.74, 6) is 0.853. The Balaban J connectivity index is 1.58. The van der Waals surface area contributed by atoms with Crippen LogP contribution >= 0.6 is 0 Å². The van der Waals surface area contributed by atoms with Crippen LogP contribution in [0.4, 0.5) is 0 Å². The summed E-state index contributed by atoms with van der Waals surface area (Å²) in [7, 11) is 0. The number of rotatable bonds is 9. The number of aryl methyl sites for hydroxylation is 2. The molecule has 2 heteroatoms. The van der Waals surface area contributed by atoms with Gasteiger partial charge in [-0.05, 0) is 60.6 Å². The first-order chi connectivity index (χ1) is 13.6. The number of hydrogen-bond donors (Lipinski definition) is 0. The highest BCUT2D eigenvalue weighted by Gasteiger charge is 2.04. The van der Waals surface area contributed by atoms with Gasteiger partial charge >= 0.3 is 0 Å². The molecule has 0 aliphatic heterocycles. The third kappa shape index (κ3) is 6.02. The smallest absolute Gasteiger partial charge is 0.0453 e. The fraction of sp³-hybridized carbons (Fsp3) is 0.385. The highest BCUT2D eigenvalue weighted by molar-refractivity contribution is 5.62. The molecule has 0 amide bonds. The Labute approximate surface area is 170 Å². The van der Waals surface area contributed by atoms with Crippen molar-refractivity contribution >= 4 is 0 Å². The molecule has 146 valence electrons. The van der Waals surface area contributed by atoms with Crippen molar-refractivity contribution in [2.75, 3.05) is 0 Å². The highest BCUT2D eigenvalue weighted by Crippen LogP contribution is 2.20. The summed E-state index contributed by atoms with van der Waals surface area (Å²) in [6.45, 7) is 6.66. The second-order valence-corrected chi connectivity index (χ2v) is 8.00. The van der Waals surface area contributed by atoms with Gasteiger partial charge in [-0.15, -0.1) is 0 Å². The Hall–Kier alpha value is -2.48. The van der Waals surface area contributed by atoms with E-state index in [1.54, 1.807) is 0 Å². The molecule has 2 nitrogen and oxygen atoms in total. The minimum atomic E-state index is 0.853. The lowest BCUT2D eigenvalue weighted by atomic mass is 9.96. The maximum absolute atomic E-state index is 4.57. The van der Waals surface area contributed by atoms with E-state index in [-0.39, 0.29) is 0 Å². The van der Waals surface area contributed by atoms with E-state index in [9.17, 15) is 0 Å². The molecule has 0 saturated heterocycles.